The highest BCUT2D eigenvalue weighted by Gasteiger charge is 2.13. The summed E-state index contributed by atoms with van der Waals surface area (Å²) in [7, 11) is 1.72. The van der Waals surface area contributed by atoms with E-state index in [1.807, 2.05) is 12.1 Å². The Kier molecular flexibility index (Phi) is 6.13. The third kappa shape index (κ3) is 4.76. The minimum absolute atomic E-state index is 0.400. The van der Waals surface area contributed by atoms with E-state index in [1.54, 1.807) is 7.11 Å². The Morgan fingerprint density at radius 3 is 2.62 bits per heavy atom. The zero-order valence-corrected chi connectivity index (χ0v) is 14.7. The molecule has 21 heavy (non-hydrogen) atoms. The Morgan fingerprint density at radius 2 is 1.95 bits per heavy atom. The van der Waals surface area contributed by atoms with Gasteiger partial charge in [-0.25, -0.2) is 0 Å². The Labute approximate surface area is 140 Å². The molecule has 3 heteroatoms. The second-order valence-corrected chi connectivity index (χ2v) is 6.60. The molecule has 0 fully saturated rings. The predicted molar refractivity (Wildman–Crippen MR) is 93.5 cm³/mol. The third-order valence-corrected chi connectivity index (χ3v) is 4.51. The quantitative estimate of drug-likeness (QED) is 0.621. The van der Waals surface area contributed by atoms with E-state index in [4.69, 9.17) is 16.3 Å². The molecule has 0 heterocycles. The molecule has 0 amide bonds. The van der Waals surface area contributed by atoms with Crippen LogP contribution in [0, 0.1) is 12.8 Å². The van der Waals surface area contributed by atoms with Crippen LogP contribution in [0.4, 0.5) is 0 Å². The van der Waals surface area contributed by atoms with Crippen molar-refractivity contribution < 1.29 is 4.74 Å². The average molecular weight is 368 g/mol. The molecule has 2 rings (SSSR count). The molecule has 0 saturated carbocycles. The highest BCUT2D eigenvalue weighted by Crippen LogP contribution is 2.25. The summed E-state index contributed by atoms with van der Waals surface area (Å²) in [4.78, 5) is 0. The van der Waals surface area contributed by atoms with Gasteiger partial charge in [0.1, 0.15) is 5.75 Å². The highest BCUT2D eigenvalue weighted by molar-refractivity contribution is 9.10. The van der Waals surface area contributed by atoms with Crippen LogP contribution >= 0.6 is 27.5 Å². The molecule has 2 aromatic rings. The number of benzene rings is 2. The van der Waals surface area contributed by atoms with Gasteiger partial charge in [-0.3, -0.25) is 0 Å². The molecule has 2 aromatic carbocycles. The monoisotopic (exact) mass is 366 g/mol. The van der Waals surface area contributed by atoms with E-state index < -0.39 is 0 Å². The summed E-state index contributed by atoms with van der Waals surface area (Å²) < 4.78 is 6.58. The van der Waals surface area contributed by atoms with Crippen molar-refractivity contribution in [3.63, 3.8) is 0 Å². The Balaban J connectivity index is 2.14. The first-order valence-electron chi connectivity index (χ1n) is 7.06. The van der Waals surface area contributed by atoms with Gasteiger partial charge in [0.15, 0.2) is 0 Å². The lowest BCUT2D eigenvalue weighted by atomic mass is 9.93. The van der Waals surface area contributed by atoms with Gasteiger partial charge in [0.25, 0.3) is 0 Å². The molecule has 0 saturated heterocycles. The standard InChI is InChI=1S/C18H20BrClO/c1-13-6-7-18(21-2)16(8-13)10-15(12-20)9-14-4-3-5-17(19)11-14/h3-8,11,15H,9-10,12H2,1-2H3. The van der Waals surface area contributed by atoms with Gasteiger partial charge in [-0.2, -0.15) is 0 Å². The van der Waals surface area contributed by atoms with E-state index in [0.29, 0.717) is 11.8 Å². The topological polar surface area (TPSA) is 9.23 Å². The zero-order valence-electron chi connectivity index (χ0n) is 12.4. The number of halogens is 2. The number of methoxy groups -OCH3 is 1. The van der Waals surface area contributed by atoms with Gasteiger partial charge < -0.3 is 4.74 Å². The number of rotatable bonds is 6. The summed E-state index contributed by atoms with van der Waals surface area (Å²) >= 11 is 9.71. The van der Waals surface area contributed by atoms with E-state index in [9.17, 15) is 0 Å². The van der Waals surface area contributed by atoms with Crippen molar-refractivity contribution >= 4 is 27.5 Å². The average Bonchev–Trinajstić information content (AvgIpc) is 2.47. The zero-order chi connectivity index (χ0) is 15.2. The molecule has 0 aliphatic rings. The second-order valence-electron chi connectivity index (χ2n) is 5.37. The van der Waals surface area contributed by atoms with Crippen LogP contribution < -0.4 is 4.74 Å². The Bertz CT molecular complexity index is 598. The van der Waals surface area contributed by atoms with Crippen LogP contribution in [0.1, 0.15) is 16.7 Å². The molecule has 1 nitrogen and oxygen atoms in total. The first kappa shape index (κ1) is 16.4. The van der Waals surface area contributed by atoms with Crippen LogP contribution in [0.2, 0.25) is 0 Å². The predicted octanol–water partition coefficient (Wildman–Crippen LogP) is 5.41. The van der Waals surface area contributed by atoms with Gasteiger partial charge in [0.05, 0.1) is 7.11 Å². The molecule has 0 N–H and O–H groups in total. The maximum Gasteiger partial charge on any atom is 0.122 e. The van der Waals surface area contributed by atoms with Crippen molar-refractivity contribution in [2.45, 2.75) is 19.8 Å². The second kappa shape index (κ2) is 7.86. The first-order chi connectivity index (χ1) is 10.1. The number of aryl methyl sites for hydroxylation is 1. The lowest BCUT2D eigenvalue weighted by Gasteiger charge is -2.17. The van der Waals surface area contributed by atoms with Crippen LogP contribution in [0.25, 0.3) is 0 Å². The van der Waals surface area contributed by atoms with E-state index in [1.165, 1.54) is 16.7 Å². The third-order valence-electron chi connectivity index (χ3n) is 3.58. The van der Waals surface area contributed by atoms with Gasteiger partial charge in [-0.15, -0.1) is 11.6 Å². The van der Waals surface area contributed by atoms with Crippen LogP contribution in [0.5, 0.6) is 5.75 Å². The van der Waals surface area contributed by atoms with Crippen molar-refractivity contribution in [3.05, 3.63) is 63.6 Å². The summed E-state index contributed by atoms with van der Waals surface area (Å²) in [5, 5.41) is 0. The van der Waals surface area contributed by atoms with Crippen molar-refractivity contribution in [1.82, 2.24) is 0 Å². The van der Waals surface area contributed by atoms with E-state index in [2.05, 4.69) is 53.2 Å². The molecule has 112 valence electrons. The lowest BCUT2D eigenvalue weighted by molar-refractivity contribution is 0.405. The Hall–Kier alpha value is -0.990. The number of alkyl halides is 1. The maximum absolute atomic E-state index is 6.19. The molecule has 0 spiro atoms. The van der Waals surface area contributed by atoms with E-state index >= 15 is 0 Å². The van der Waals surface area contributed by atoms with E-state index in [-0.39, 0.29) is 0 Å². The maximum atomic E-state index is 6.19. The van der Waals surface area contributed by atoms with Crippen molar-refractivity contribution in [3.8, 4) is 5.75 Å². The summed E-state index contributed by atoms with van der Waals surface area (Å²) in [5.41, 5.74) is 3.79. The van der Waals surface area contributed by atoms with Crippen LogP contribution in [0.3, 0.4) is 0 Å². The normalized spacial score (nSPS) is 12.2. The number of hydrogen-bond acceptors (Lipinski definition) is 1. The molecule has 0 aromatic heterocycles. The van der Waals surface area contributed by atoms with Gasteiger partial charge in [-0.05, 0) is 55.0 Å². The molecule has 0 bridgehead atoms. The van der Waals surface area contributed by atoms with Gasteiger partial charge in [0, 0.05) is 10.4 Å². The number of ether oxygens (including phenoxy) is 1. The van der Waals surface area contributed by atoms with Crippen molar-refractivity contribution in [1.29, 1.82) is 0 Å². The largest absolute Gasteiger partial charge is 0.496 e. The molecule has 1 unspecified atom stereocenters. The number of hydrogen-bond donors (Lipinski definition) is 0. The fraction of sp³-hybridized carbons (Fsp3) is 0.333. The highest BCUT2D eigenvalue weighted by atomic mass is 79.9. The molecular weight excluding hydrogens is 348 g/mol. The van der Waals surface area contributed by atoms with Crippen molar-refractivity contribution in [2.75, 3.05) is 13.0 Å². The molecule has 0 aliphatic heterocycles. The molecule has 1 atom stereocenters. The molecule has 0 aliphatic carbocycles. The van der Waals surface area contributed by atoms with Gasteiger partial charge in [0.2, 0.25) is 0 Å². The fourth-order valence-electron chi connectivity index (χ4n) is 2.56. The van der Waals surface area contributed by atoms with E-state index in [0.717, 1.165) is 23.1 Å². The molecular formula is C18H20BrClO. The minimum Gasteiger partial charge on any atom is -0.496 e. The summed E-state index contributed by atoms with van der Waals surface area (Å²) in [6.07, 6.45) is 1.90. The summed E-state index contributed by atoms with van der Waals surface area (Å²) in [6.45, 7) is 2.10. The van der Waals surface area contributed by atoms with Crippen LogP contribution in [-0.2, 0) is 12.8 Å². The Morgan fingerprint density at radius 1 is 1.14 bits per heavy atom. The SMILES string of the molecule is COc1ccc(C)cc1CC(CCl)Cc1cccc(Br)c1. The van der Waals surface area contributed by atoms with Gasteiger partial charge in [-0.1, -0.05) is 45.8 Å². The van der Waals surface area contributed by atoms with Crippen LogP contribution in [-0.4, -0.2) is 13.0 Å². The van der Waals surface area contributed by atoms with Crippen LogP contribution in [0.15, 0.2) is 46.9 Å². The van der Waals surface area contributed by atoms with Crippen molar-refractivity contribution in [2.24, 2.45) is 5.92 Å². The summed E-state index contributed by atoms with van der Waals surface area (Å²) in [6, 6.07) is 14.7. The fourth-order valence-corrected chi connectivity index (χ4v) is 3.22. The lowest BCUT2D eigenvalue weighted by Crippen LogP contribution is -2.11. The first-order valence-corrected chi connectivity index (χ1v) is 8.39. The summed E-state index contributed by atoms with van der Waals surface area (Å²) in [5.74, 6) is 1.99. The van der Waals surface area contributed by atoms with Gasteiger partial charge >= 0.3 is 0 Å². The molecule has 0 radical (unpaired) electrons. The smallest absolute Gasteiger partial charge is 0.122 e. The minimum atomic E-state index is 0.400.